The molecule has 260 valence electrons. The minimum Gasteiger partial charge on any atom is -0.384 e. The van der Waals surface area contributed by atoms with Crippen molar-refractivity contribution in [3.8, 4) is 22.8 Å². The van der Waals surface area contributed by atoms with Gasteiger partial charge in [-0.25, -0.2) is 39.9 Å². The van der Waals surface area contributed by atoms with Gasteiger partial charge in [0.15, 0.2) is 11.6 Å². The molecule has 0 spiro atoms. The Hall–Kier alpha value is -4.27. The first-order chi connectivity index (χ1) is 23.3. The number of aromatic nitrogens is 8. The van der Waals surface area contributed by atoms with E-state index in [0.717, 1.165) is 43.9 Å². The maximum atomic E-state index is 11.3. The number of halogens is 3. The van der Waals surface area contributed by atoms with Crippen LogP contribution in [0.25, 0.3) is 22.8 Å². The van der Waals surface area contributed by atoms with E-state index < -0.39 is 5.24 Å². The van der Waals surface area contributed by atoms with Crippen LogP contribution in [0.15, 0.2) is 49.3 Å². The van der Waals surface area contributed by atoms with Crippen molar-refractivity contribution in [2.24, 2.45) is 0 Å². The van der Waals surface area contributed by atoms with E-state index in [-0.39, 0.29) is 28.7 Å². The fraction of sp³-hybridized carbons (Fsp3) is 0.438. The van der Waals surface area contributed by atoms with Crippen molar-refractivity contribution >= 4 is 69.5 Å². The van der Waals surface area contributed by atoms with Crippen LogP contribution >= 0.6 is 34.8 Å². The van der Waals surface area contributed by atoms with Crippen LogP contribution in [0.3, 0.4) is 0 Å². The van der Waals surface area contributed by atoms with Crippen molar-refractivity contribution in [1.82, 2.24) is 39.9 Å². The highest BCUT2D eigenvalue weighted by molar-refractivity contribution is 6.67. The SMILES string of the molecule is CC1(C)CCCN1c1ncc(-c2nccc(N)n2)cn1.CC1(C)CCCN1c1ncc(-c2nccc(NC(=O)CCl)n2)cn1.O=C(Cl)CCl. The van der Waals surface area contributed by atoms with Crippen LogP contribution in [0.5, 0.6) is 0 Å². The van der Waals surface area contributed by atoms with E-state index in [9.17, 15) is 9.59 Å². The maximum absolute atomic E-state index is 11.3. The minimum atomic E-state index is -0.508. The number of nitrogen functional groups attached to an aromatic ring is 1. The average Bonchev–Trinajstić information content (AvgIpc) is 3.64. The van der Waals surface area contributed by atoms with E-state index in [0.29, 0.717) is 34.8 Å². The van der Waals surface area contributed by atoms with E-state index in [1.807, 2.05) is 0 Å². The lowest BCUT2D eigenvalue weighted by Gasteiger charge is -2.31. The second kappa shape index (κ2) is 16.9. The Morgan fingerprint density at radius 1 is 0.755 bits per heavy atom. The zero-order valence-electron chi connectivity index (χ0n) is 27.8. The third kappa shape index (κ3) is 10.4. The lowest BCUT2D eigenvalue weighted by atomic mass is 10.0. The van der Waals surface area contributed by atoms with Gasteiger partial charge in [0.05, 0.1) is 17.0 Å². The Kier molecular flexibility index (Phi) is 13.0. The van der Waals surface area contributed by atoms with Crippen molar-refractivity contribution in [2.75, 3.05) is 45.7 Å². The van der Waals surface area contributed by atoms with E-state index in [1.165, 1.54) is 6.42 Å². The van der Waals surface area contributed by atoms with Crippen LogP contribution in [0.2, 0.25) is 0 Å². The second-order valence-corrected chi connectivity index (χ2v) is 13.4. The zero-order valence-corrected chi connectivity index (χ0v) is 30.0. The quantitative estimate of drug-likeness (QED) is 0.183. The Balaban J connectivity index is 0.000000197. The molecule has 6 heterocycles. The second-order valence-electron chi connectivity index (χ2n) is 12.4. The van der Waals surface area contributed by atoms with Gasteiger partial charge in [-0.05, 0) is 77.1 Å². The number of carbonyl (C=O) groups excluding carboxylic acids is 2. The van der Waals surface area contributed by atoms with Crippen LogP contribution in [0, 0.1) is 0 Å². The highest BCUT2D eigenvalue weighted by Gasteiger charge is 2.34. The molecule has 0 aliphatic carbocycles. The van der Waals surface area contributed by atoms with Crippen molar-refractivity contribution in [1.29, 1.82) is 0 Å². The van der Waals surface area contributed by atoms with E-state index >= 15 is 0 Å². The molecule has 0 atom stereocenters. The molecular formula is C32H39Cl3N12O2. The molecule has 0 bridgehead atoms. The fourth-order valence-corrected chi connectivity index (χ4v) is 5.43. The average molecular weight is 730 g/mol. The van der Waals surface area contributed by atoms with Gasteiger partial charge >= 0.3 is 0 Å². The molecule has 0 radical (unpaired) electrons. The summed E-state index contributed by atoms with van der Waals surface area (Å²) in [5.74, 6) is 2.80. The number of nitrogens with zero attached hydrogens (tertiary/aromatic N) is 10. The highest BCUT2D eigenvalue weighted by atomic mass is 35.5. The fourth-order valence-electron chi connectivity index (χ4n) is 5.36. The molecule has 2 fully saturated rings. The Morgan fingerprint density at radius 2 is 1.20 bits per heavy atom. The molecule has 6 rings (SSSR count). The predicted molar refractivity (Wildman–Crippen MR) is 193 cm³/mol. The summed E-state index contributed by atoms with van der Waals surface area (Å²) in [4.78, 5) is 60.0. The highest BCUT2D eigenvalue weighted by Crippen LogP contribution is 2.32. The third-order valence-corrected chi connectivity index (χ3v) is 8.66. The number of hydrogen-bond donors (Lipinski definition) is 2. The Morgan fingerprint density at radius 3 is 1.59 bits per heavy atom. The van der Waals surface area contributed by atoms with Gasteiger partial charge in [-0.3, -0.25) is 9.59 Å². The summed E-state index contributed by atoms with van der Waals surface area (Å²) in [6.45, 7) is 10.8. The molecule has 1 amide bonds. The molecule has 17 heteroatoms. The minimum absolute atomic E-state index is 0.0732. The smallest absolute Gasteiger partial charge is 0.240 e. The first-order valence-corrected chi connectivity index (χ1v) is 17.0. The number of anilines is 4. The lowest BCUT2D eigenvalue weighted by molar-refractivity contribution is -0.114. The molecule has 0 unspecified atom stereocenters. The van der Waals surface area contributed by atoms with Gasteiger partial charge < -0.3 is 20.9 Å². The van der Waals surface area contributed by atoms with Gasteiger partial charge in [-0.1, -0.05) is 0 Å². The molecular weight excluding hydrogens is 691 g/mol. The van der Waals surface area contributed by atoms with Crippen LogP contribution in [0.1, 0.15) is 53.4 Å². The summed E-state index contributed by atoms with van der Waals surface area (Å²) in [6.07, 6.45) is 14.7. The largest absolute Gasteiger partial charge is 0.384 e. The van der Waals surface area contributed by atoms with Gasteiger partial charge in [0.25, 0.3) is 0 Å². The predicted octanol–water partition coefficient (Wildman–Crippen LogP) is 5.37. The first kappa shape index (κ1) is 37.5. The van der Waals surface area contributed by atoms with Gasteiger partial charge in [0, 0.05) is 61.3 Å². The number of rotatable bonds is 7. The van der Waals surface area contributed by atoms with Gasteiger partial charge in [0.1, 0.15) is 17.5 Å². The Bertz CT molecular complexity index is 1710. The third-order valence-electron chi connectivity index (χ3n) is 7.90. The Labute approximate surface area is 300 Å². The molecule has 4 aromatic rings. The lowest BCUT2D eigenvalue weighted by Crippen LogP contribution is -2.39. The van der Waals surface area contributed by atoms with Crippen molar-refractivity contribution in [3.63, 3.8) is 0 Å². The van der Waals surface area contributed by atoms with Crippen molar-refractivity contribution < 1.29 is 9.59 Å². The van der Waals surface area contributed by atoms with Gasteiger partial charge in [0.2, 0.25) is 23.0 Å². The molecule has 0 aromatic carbocycles. The van der Waals surface area contributed by atoms with Crippen molar-refractivity contribution in [2.45, 2.75) is 64.5 Å². The molecule has 3 N–H and O–H groups in total. The van der Waals surface area contributed by atoms with Crippen LogP contribution < -0.4 is 20.9 Å². The number of amides is 1. The molecule has 49 heavy (non-hydrogen) atoms. The maximum Gasteiger partial charge on any atom is 0.240 e. The van der Waals surface area contributed by atoms with Crippen LogP contribution in [0.4, 0.5) is 23.5 Å². The van der Waals surface area contributed by atoms with Crippen LogP contribution in [-0.4, -0.2) is 86.9 Å². The monoisotopic (exact) mass is 728 g/mol. The normalized spacial score (nSPS) is 15.8. The molecule has 4 aromatic heterocycles. The molecule has 2 saturated heterocycles. The molecule has 14 nitrogen and oxygen atoms in total. The number of nitrogens with two attached hydrogens (primary N) is 1. The first-order valence-electron chi connectivity index (χ1n) is 15.5. The molecule has 2 aliphatic heterocycles. The summed E-state index contributed by atoms with van der Waals surface area (Å²) in [5.41, 5.74) is 7.32. The molecule has 2 aliphatic rings. The molecule has 0 saturated carbocycles. The van der Waals surface area contributed by atoms with Crippen LogP contribution in [-0.2, 0) is 9.59 Å². The topological polar surface area (TPSA) is 182 Å². The van der Waals surface area contributed by atoms with E-state index in [1.54, 1.807) is 49.3 Å². The summed E-state index contributed by atoms with van der Waals surface area (Å²) >= 11 is 15.0. The number of nitrogens with one attached hydrogen (secondary N) is 1. The standard InChI is InChI=1S/C16H19ClN6O.C14H18N6.C2H2Cl2O/c1-16(2)5-3-7-23(16)15-19-9-11(10-20-15)14-18-6-4-12(22-14)21-13(24)8-17;1-14(2)5-3-7-20(14)13-17-8-10(9-18-13)12-16-6-4-11(15)19-12;3-1-2(4)5/h4,6,9-10H,3,5,7-8H2,1-2H3,(H,18,21,22,24);4,6,8-9H,3,5,7H2,1-2H3,(H2,15,16,19);1H2. The van der Waals surface area contributed by atoms with E-state index in [4.69, 9.17) is 40.5 Å². The van der Waals surface area contributed by atoms with Gasteiger partial charge in [-0.15, -0.1) is 23.2 Å². The summed E-state index contributed by atoms with van der Waals surface area (Å²) in [5, 5.41) is 2.09. The number of carbonyl (C=O) groups is 2. The summed E-state index contributed by atoms with van der Waals surface area (Å²) in [7, 11) is 0. The van der Waals surface area contributed by atoms with Gasteiger partial charge in [-0.2, -0.15) is 0 Å². The summed E-state index contributed by atoms with van der Waals surface area (Å²) < 4.78 is 0. The zero-order chi connectivity index (χ0) is 35.6. The number of alkyl halides is 2. The van der Waals surface area contributed by atoms with E-state index in [2.05, 4.69) is 82.7 Å². The number of hydrogen-bond acceptors (Lipinski definition) is 13. The summed E-state index contributed by atoms with van der Waals surface area (Å²) in [6, 6.07) is 3.27. The van der Waals surface area contributed by atoms with Crippen molar-refractivity contribution in [3.05, 3.63) is 49.3 Å².